The van der Waals surface area contributed by atoms with Crippen molar-refractivity contribution in [2.75, 3.05) is 6.54 Å². The van der Waals surface area contributed by atoms with Gasteiger partial charge in [-0.3, -0.25) is 4.79 Å². The molecule has 74 valence electrons. The maximum absolute atomic E-state index is 10.9. The van der Waals surface area contributed by atoms with Crippen LogP contribution in [0.4, 0.5) is 0 Å². The molecule has 0 spiro atoms. The number of carboxylic acids is 1. The molecule has 0 aliphatic heterocycles. The first-order valence-electron chi connectivity index (χ1n) is 4.48. The van der Waals surface area contributed by atoms with E-state index in [4.69, 9.17) is 10.4 Å². The van der Waals surface area contributed by atoms with Gasteiger partial charge in [0.25, 0.3) is 0 Å². The third-order valence-electron chi connectivity index (χ3n) is 2.32. The molecule has 0 fully saturated rings. The summed E-state index contributed by atoms with van der Waals surface area (Å²) in [6.07, 6.45) is 1.41. The van der Waals surface area contributed by atoms with E-state index in [-0.39, 0.29) is 0 Å². The molecular formula is C9H16N2O2. The van der Waals surface area contributed by atoms with Crippen LogP contribution in [0.3, 0.4) is 0 Å². The Kier molecular flexibility index (Phi) is 5.09. The van der Waals surface area contributed by atoms with Crippen LogP contribution in [-0.2, 0) is 4.79 Å². The van der Waals surface area contributed by atoms with Gasteiger partial charge in [0.1, 0.15) is 5.54 Å². The second-order valence-corrected chi connectivity index (χ2v) is 2.93. The third-order valence-corrected chi connectivity index (χ3v) is 2.32. The summed E-state index contributed by atoms with van der Waals surface area (Å²) in [5, 5.41) is 20.2. The number of carboxylic acid groups (broad SMARTS) is 1. The topological polar surface area (TPSA) is 73.1 Å². The van der Waals surface area contributed by atoms with Crippen LogP contribution >= 0.6 is 0 Å². The molecule has 0 bridgehead atoms. The number of carbonyl (C=O) groups is 1. The molecule has 13 heavy (non-hydrogen) atoms. The normalized spacial score (nSPS) is 10.8. The van der Waals surface area contributed by atoms with Gasteiger partial charge >= 0.3 is 5.97 Å². The first-order valence-corrected chi connectivity index (χ1v) is 4.48. The monoisotopic (exact) mass is 184 g/mol. The molecule has 0 atom stereocenters. The summed E-state index contributed by atoms with van der Waals surface area (Å²) in [5.74, 6) is -0.838. The average Bonchev–Trinajstić information content (AvgIpc) is 2.13. The summed E-state index contributed by atoms with van der Waals surface area (Å²) in [6, 6.07) is 1.97. The summed E-state index contributed by atoms with van der Waals surface area (Å²) in [7, 11) is 0. The van der Waals surface area contributed by atoms with Crippen molar-refractivity contribution in [1.29, 1.82) is 5.26 Å². The standard InChI is InChI=1S/C9H16N2O2/c1-3-9(4-2,8(12)13)11-7-5-6-10/h11H,3-5,7H2,1-2H3,(H,12,13). The summed E-state index contributed by atoms with van der Waals surface area (Å²) in [4.78, 5) is 10.9. The fraction of sp³-hybridized carbons (Fsp3) is 0.778. The maximum atomic E-state index is 10.9. The second kappa shape index (κ2) is 5.55. The van der Waals surface area contributed by atoms with Crippen molar-refractivity contribution in [1.82, 2.24) is 5.32 Å². The minimum atomic E-state index is -0.850. The van der Waals surface area contributed by atoms with E-state index in [1.807, 2.05) is 19.9 Å². The van der Waals surface area contributed by atoms with Crippen molar-refractivity contribution in [3.63, 3.8) is 0 Å². The number of hydrogen-bond donors (Lipinski definition) is 2. The highest BCUT2D eigenvalue weighted by molar-refractivity contribution is 5.78. The van der Waals surface area contributed by atoms with Gasteiger partial charge in [0, 0.05) is 13.0 Å². The van der Waals surface area contributed by atoms with Crippen molar-refractivity contribution in [3.05, 3.63) is 0 Å². The van der Waals surface area contributed by atoms with Gasteiger partial charge in [-0.15, -0.1) is 0 Å². The number of nitrogens with zero attached hydrogens (tertiary/aromatic N) is 1. The van der Waals surface area contributed by atoms with Crippen LogP contribution in [0.15, 0.2) is 0 Å². The number of nitrogens with one attached hydrogen (secondary N) is 1. The Hall–Kier alpha value is -1.08. The van der Waals surface area contributed by atoms with Crippen LogP contribution in [0.25, 0.3) is 0 Å². The van der Waals surface area contributed by atoms with E-state index >= 15 is 0 Å². The molecule has 4 heteroatoms. The highest BCUT2D eigenvalue weighted by atomic mass is 16.4. The van der Waals surface area contributed by atoms with E-state index in [2.05, 4.69) is 5.32 Å². The Labute approximate surface area is 78.6 Å². The molecule has 0 aromatic carbocycles. The Bertz CT molecular complexity index is 204. The van der Waals surface area contributed by atoms with Crippen molar-refractivity contribution in [2.45, 2.75) is 38.6 Å². The average molecular weight is 184 g/mol. The SMILES string of the molecule is CCC(CC)(NCCC#N)C(=O)O. The highest BCUT2D eigenvalue weighted by Gasteiger charge is 2.33. The van der Waals surface area contributed by atoms with E-state index in [0.29, 0.717) is 25.8 Å². The lowest BCUT2D eigenvalue weighted by atomic mass is 9.93. The lowest BCUT2D eigenvalue weighted by molar-refractivity contribution is -0.145. The fourth-order valence-electron chi connectivity index (χ4n) is 1.24. The van der Waals surface area contributed by atoms with Crippen LogP contribution < -0.4 is 5.32 Å². The zero-order valence-corrected chi connectivity index (χ0v) is 8.13. The number of nitriles is 1. The molecule has 0 saturated heterocycles. The van der Waals surface area contributed by atoms with E-state index in [1.165, 1.54) is 0 Å². The van der Waals surface area contributed by atoms with E-state index < -0.39 is 11.5 Å². The van der Waals surface area contributed by atoms with Crippen molar-refractivity contribution < 1.29 is 9.90 Å². The molecule has 0 rings (SSSR count). The molecule has 0 aliphatic rings. The first-order chi connectivity index (χ1) is 6.13. The molecule has 0 heterocycles. The van der Waals surface area contributed by atoms with E-state index in [1.54, 1.807) is 0 Å². The highest BCUT2D eigenvalue weighted by Crippen LogP contribution is 2.14. The largest absolute Gasteiger partial charge is 0.480 e. The Morgan fingerprint density at radius 1 is 1.54 bits per heavy atom. The Morgan fingerprint density at radius 3 is 2.38 bits per heavy atom. The smallest absolute Gasteiger partial charge is 0.323 e. The zero-order chi connectivity index (χ0) is 10.3. The summed E-state index contributed by atoms with van der Waals surface area (Å²) < 4.78 is 0. The summed E-state index contributed by atoms with van der Waals surface area (Å²) >= 11 is 0. The van der Waals surface area contributed by atoms with Gasteiger partial charge in [0.15, 0.2) is 0 Å². The molecule has 0 amide bonds. The molecule has 0 radical (unpaired) electrons. The van der Waals surface area contributed by atoms with Gasteiger partial charge in [0.2, 0.25) is 0 Å². The van der Waals surface area contributed by atoms with Gasteiger partial charge in [-0.1, -0.05) is 13.8 Å². The number of rotatable bonds is 6. The second-order valence-electron chi connectivity index (χ2n) is 2.93. The molecule has 0 aliphatic carbocycles. The third kappa shape index (κ3) is 3.03. The Balaban J connectivity index is 4.24. The van der Waals surface area contributed by atoms with Gasteiger partial charge in [0.05, 0.1) is 6.07 Å². The van der Waals surface area contributed by atoms with Crippen LogP contribution in [0.2, 0.25) is 0 Å². The molecular weight excluding hydrogens is 168 g/mol. The lowest BCUT2D eigenvalue weighted by Crippen LogP contribution is -2.51. The van der Waals surface area contributed by atoms with Crippen LogP contribution in [0.5, 0.6) is 0 Å². The molecule has 0 aromatic heterocycles. The molecule has 4 nitrogen and oxygen atoms in total. The van der Waals surface area contributed by atoms with Crippen molar-refractivity contribution in [3.8, 4) is 6.07 Å². The maximum Gasteiger partial charge on any atom is 0.323 e. The van der Waals surface area contributed by atoms with E-state index in [0.717, 1.165) is 0 Å². The molecule has 0 unspecified atom stereocenters. The van der Waals surface area contributed by atoms with Gasteiger partial charge < -0.3 is 10.4 Å². The molecule has 0 aromatic rings. The quantitative estimate of drug-likeness (QED) is 0.607. The van der Waals surface area contributed by atoms with Crippen LogP contribution in [-0.4, -0.2) is 23.2 Å². The number of hydrogen-bond acceptors (Lipinski definition) is 3. The van der Waals surface area contributed by atoms with Crippen molar-refractivity contribution >= 4 is 5.97 Å². The fourth-order valence-corrected chi connectivity index (χ4v) is 1.24. The minimum Gasteiger partial charge on any atom is -0.480 e. The van der Waals surface area contributed by atoms with Crippen LogP contribution in [0, 0.1) is 11.3 Å². The minimum absolute atomic E-state index is 0.342. The van der Waals surface area contributed by atoms with Crippen LogP contribution in [0.1, 0.15) is 33.1 Å². The van der Waals surface area contributed by atoms with Gasteiger partial charge in [-0.25, -0.2) is 0 Å². The van der Waals surface area contributed by atoms with Gasteiger partial charge in [-0.05, 0) is 12.8 Å². The van der Waals surface area contributed by atoms with Crippen molar-refractivity contribution in [2.24, 2.45) is 0 Å². The zero-order valence-electron chi connectivity index (χ0n) is 8.13. The predicted octanol–water partition coefficient (Wildman–Crippen LogP) is 1.13. The first kappa shape index (κ1) is 11.9. The molecule has 2 N–H and O–H groups in total. The number of aliphatic carboxylic acids is 1. The lowest BCUT2D eigenvalue weighted by Gasteiger charge is -2.27. The molecule has 0 saturated carbocycles. The predicted molar refractivity (Wildman–Crippen MR) is 49.2 cm³/mol. The Morgan fingerprint density at radius 2 is 2.08 bits per heavy atom. The summed E-state index contributed by atoms with van der Waals surface area (Å²) in [5.41, 5.74) is -0.850. The summed E-state index contributed by atoms with van der Waals surface area (Å²) in [6.45, 7) is 4.10. The van der Waals surface area contributed by atoms with Gasteiger partial charge in [-0.2, -0.15) is 5.26 Å². The van der Waals surface area contributed by atoms with E-state index in [9.17, 15) is 4.79 Å².